The van der Waals surface area contributed by atoms with Crippen LogP contribution in [-0.2, 0) is 86.2 Å². The second-order valence-electron chi connectivity index (χ2n) is 14.3. The first-order valence-corrected chi connectivity index (χ1v) is 19.9. The van der Waals surface area contributed by atoms with Gasteiger partial charge in [-0.25, -0.2) is 9.59 Å². The van der Waals surface area contributed by atoms with E-state index >= 15 is 0 Å². The molecule has 1 saturated heterocycles. The third-order valence-electron chi connectivity index (χ3n) is 9.20. The number of hydrogen-bond acceptors (Lipinski definition) is 18. The van der Waals surface area contributed by atoms with Gasteiger partial charge in [0.1, 0.15) is 0 Å². The zero-order chi connectivity index (χ0) is 45.8. The van der Waals surface area contributed by atoms with Gasteiger partial charge in [0.15, 0.2) is 0 Å². The molecule has 0 saturated carbocycles. The number of nitrogens with zero attached hydrogens (tertiary/aromatic N) is 4. The number of hydrogen-bond donors (Lipinski definition) is 2. The van der Waals surface area contributed by atoms with Crippen LogP contribution in [0, 0.1) is 5.41 Å². The molecule has 24 nitrogen and oxygen atoms in total. The molecule has 0 unspecified atom stereocenters. The topological polar surface area (TPSA) is 297 Å². The highest BCUT2D eigenvalue weighted by Crippen LogP contribution is 2.22. The van der Waals surface area contributed by atoms with Gasteiger partial charge < -0.3 is 39.3 Å². The number of ether oxygens (including phenoxy) is 4. The van der Waals surface area contributed by atoms with Crippen molar-refractivity contribution in [1.82, 2.24) is 30.6 Å². The fourth-order valence-electron chi connectivity index (χ4n) is 5.86. The molecule has 4 rings (SSSR count). The highest BCUT2D eigenvalue weighted by molar-refractivity contribution is 6.14. The van der Waals surface area contributed by atoms with Crippen LogP contribution < -0.4 is 10.6 Å². The molecule has 0 atom stereocenters. The molecule has 4 aliphatic rings. The van der Waals surface area contributed by atoms with E-state index in [1.165, 1.54) is 0 Å². The SMILES string of the molecule is O=C(CCN1C(=O)C=CC1=O)NCCCOCC(COCCCNC(=O)CCN1C(=O)C=CC1=O)(COCCC(=O)ON1C(=O)C=CC1=O)COCCC(=O)ON1C(=O)CCC1=O. The van der Waals surface area contributed by atoms with Crippen molar-refractivity contribution in [3.8, 4) is 0 Å². The largest absolute Gasteiger partial charge is 0.381 e. The highest BCUT2D eigenvalue weighted by Gasteiger charge is 2.35. The summed E-state index contributed by atoms with van der Waals surface area (Å²) in [4.78, 5) is 155. The fourth-order valence-corrected chi connectivity index (χ4v) is 5.86. The summed E-state index contributed by atoms with van der Waals surface area (Å²) in [5, 5.41) is 6.06. The summed E-state index contributed by atoms with van der Waals surface area (Å²) >= 11 is 0. The summed E-state index contributed by atoms with van der Waals surface area (Å²) in [6.45, 7) is -0.748. The van der Waals surface area contributed by atoms with Gasteiger partial charge in [0.2, 0.25) is 11.8 Å². The molecular weight excluding hydrogens is 840 g/mol. The number of carbonyl (C=O) groups excluding carboxylic acids is 12. The van der Waals surface area contributed by atoms with Gasteiger partial charge in [0.05, 0.1) is 57.9 Å². The maximum absolute atomic E-state index is 12.4. The Hall–Kier alpha value is -6.50. The van der Waals surface area contributed by atoms with Gasteiger partial charge in [0.25, 0.3) is 47.3 Å². The number of nitrogens with one attached hydrogen (secondary N) is 2. The maximum Gasteiger partial charge on any atom is 0.335 e. The van der Waals surface area contributed by atoms with Crippen LogP contribution in [0.15, 0.2) is 36.5 Å². The Morgan fingerprint density at radius 1 is 0.476 bits per heavy atom. The molecule has 0 aromatic rings. The molecule has 10 amide bonds. The van der Waals surface area contributed by atoms with Gasteiger partial charge in [-0.2, -0.15) is 0 Å². The van der Waals surface area contributed by atoms with Crippen LogP contribution in [0.4, 0.5) is 0 Å². The molecule has 0 spiro atoms. The maximum atomic E-state index is 12.4. The van der Waals surface area contributed by atoms with E-state index in [1.807, 2.05) is 0 Å². The lowest BCUT2D eigenvalue weighted by atomic mass is 9.92. The van der Waals surface area contributed by atoms with E-state index in [2.05, 4.69) is 10.6 Å². The molecule has 4 heterocycles. The third-order valence-corrected chi connectivity index (χ3v) is 9.20. The van der Waals surface area contributed by atoms with E-state index in [-0.39, 0.29) is 118 Å². The number of hydroxylamine groups is 4. The minimum Gasteiger partial charge on any atom is -0.381 e. The zero-order valence-corrected chi connectivity index (χ0v) is 34.2. The van der Waals surface area contributed by atoms with Gasteiger partial charge in [-0.05, 0) is 12.8 Å². The van der Waals surface area contributed by atoms with Crippen LogP contribution in [0.25, 0.3) is 0 Å². The molecule has 0 radical (unpaired) electrons. The van der Waals surface area contributed by atoms with Crippen LogP contribution in [0.2, 0.25) is 0 Å². The third kappa shape index (κ3) is 16.0. The lowest BCUT2D eigenvalue weighted by Gasteiger charge is -2.33. The second kappa shape index (κ2) is 24.8. The van der Waals surface area contributed by atoms with Crippen LogP contribution in [-0.4, -0.2) is 170 Å². The number of carbonyl (C=O) groups is 12. The Morgan fingerprint density at radius 3 is 1.22 bits per heavy atom. The van der Waals surface area contributed by atoms with Crippen LogP contribution in [0.1, 0.15) is 51.4 Å². The first-order valence-electron chi connectivity index (χ1n) is 19.9. The number of imide groups is 4. The molecular formula is C39H48N6O18. The number of rotatable bonds is 30. The van der Waals surface area contributed by atoms with E-state index in [1.54, 1.807) is 0 Å². The summed E-state index contributed by atoms with van der Waals surface area (Å²) in [5.74, 6) is -7.64. The van der Waals surface area contributed by atoms with Gasteiger partial charge in [-0.3, -0.25) is 57.7 Å². The molecule has 0 aliphatic carbocycles. The minimum atomic E-state index is -1.16. The van der Waals surface area contributed by atoms with Crippen molar-refractivity contribution in [3.63, 3.8) is 0 Å². The molecule has 4 aliphatic heterocycles. The van der Waals surface area contributed by atoms with Crippen molar-refractivity contribution >= 4 is 71.0 Å². The first kappa shape index (κ1) is 49.2. The summed E-state index contributed by atoms with van der Waals surface area (Å²) in [5.41, 5.74) is -1.16. The van der Waals surface area contributed by atoms with Crippen molar-refractivity contribution in [2.24, 2.45) is 5.41 Å². The average molecular weight is 889 g/mol. The molecule has 342 valence electrons. The normalized spacial score (nSPS) is 16.1. The molecule has 1 fully saturated rings. The van der Waals surface area contributed by atoms with Crippen LogP contribution in [0.5, 0.6) is 0 Å². The molecule has 24 heteroatoms. The highest BCUT2D eigenvalue weighted by atomic mass is 16.7. The second-order valence-corrected chi connectivity index (χ2v) is 14.3. The van der Waals surface area contributed by atoms with E-state index < -0.39 is 76.4 Å². The predicted molar refractivity (Wildman–Crippen MR) is 205 cm³/mol. The lowest BCUT2D eigenvalue weighted by molar-refractivity contribution is -0.198. The van der Waals surface area contributed by atoms with Crippen molar-refractivity contribution in [3.05, 3.63) is 36.5 Å². The quantitative estimate of drug-likeness (QED) is 0.0554. The Morgan fingerprint density at radius 2 is 0.825 bits per heavy atom. The van der Waals surface area contributed by atoms with Crippen molar-refractivity contribution in [2.45, 2.75) is 51.4 Å². The van der Waals surface area contributed by atoms with Crippen LogP contribution >= 0.6 is 0 Å². The van der Waals surface area contributed by atoms with E-state index in [9.17, 15) is 57.5 Å². The van der Waals surface area contributed by atoms with Crippen LogP contribution in [0.3, 0.4) is 0 Å². The average Bonchev–Trinajstić information content (AvgIpc) is 3.96. The smallest absolute Gasteiger partial charge is 0.335 e. The summed E-state index contributed by atoms with van der Waals surface area (Å²) in [6.07, 6.45) is 5.85. The Labute approximate surface area is 359 Å². The van der Waals surface area contributed by atoms with Gasteiger partial charge in [-0.1, -0.05) is 5.06 Å². The minimum absolute atomic E-state index is 0.0848. The monoisotopic (exact) mass is 888 g/mol. The summed E-state index contributed by atoms with van der Waals surface area (Å²) in [6, 6.07) is 0. The molecule has 63 heavy (non-hydrogen) atoms. The lowest BCUT2D eigenvalue weighted by Crippen LogP contribution is -2.42. The Balaban J connectivity index is 1.31. The van der Waals surface area contributed by atoms with Gasteiger partial charge in [-0.15, -0.1) is 5.06 Å². The Bertz CT molecular complexity index is 1730. The zero-order valence-electron chi connectivity index (χ0n) is 34.2. The molecule has 0 bridgehead atoms. The van der Waals surface area contributed by atoms with Crippen molar-refractivity contribution in [1.29, 1.82) is 0 Å². The standard InChI is InChI=1S/C39H48N6O18/c46-27(11-17-42-29(48)3-4-30(42)49)40-15-1-19-58-23-39(25-60-21-13-37(56)62-44-33(52)7-8-34(44)53,26-61-22-14-38(57)63-45-35(54)9-10-36(45)55)24-59-20-2-16-41-28(47)12-18-43-31(50)5-6-32(43)51/h3-8H,1-2,9-26H2,(H,40,46)(H,41,47). The fraction of sp³-hybridized carbons (Fsp3) is 0.538. The predicted octanol–water partition coefficient (Wildman–Crippen LogP) is -2.55. The van der Waals surface area contributed by atoms with E-state index in [0.717, 1.165) is 46.3 Å². The molecule has 2 N–H and O–H groups in total. The summed E-state index contributed by atoms with van der Waals surface area (Å²) in [7, 11) is 0. The van der Waals surface area contributed by atoms with Gasteiger partial charge >= 0.3 is 11.9 Å². The van der Waals surface area contributed by atoms with Crippen molar-refractivity contribution in [2.75, 3.05) is 79.0 Å². The molecule has 0 aromatic carbocycles. The summed E-state index contributed by atoms with van der Waals surface area (Å²) < 4.78 is 23.6. The first-order chi connectivity index (χ1) is 30.2. The molecule has 0 aromatic heterocycles. The Kier molecular flexibility index (Phi) is 19.4. The van der Waals surface area contributed by atoms with Crippen molar-refractivity contribution < 1.29 is 86.2 Å². The van der Waals surface area contributed by atoms with Gasteiger partial charge in [0, 0.05) is 102 Å². The number of amides is 10. The van der Waals surface area contributed by atoms with E-state index in [0.29, 0.717) is 23.0 Å². The van der Waals surface area contributed by atoms with E-state index in [4.69, 9.17) is 28.6 Å².